The van der Waals surface area contributed by atoms with E-state index in [1.807, 2.05) is 0 Å². The maximum atomic E-state index is 12.6. The summed E-state index contributed by atoms with van der Waals surface area (Å²) in [5, 5.41) is 13.3. The van der Waals surface area contributed by atoms with Gasteiger partial charge in [0.1, 0.15) is 5.69 Å². The van der Waals surface area contributed by atoms with Crippen LogP contribution in [-0.2, 0) is 24.3 Å². The Kier molecular flexibility index (Phi) is 6.95. The third-order valence-corrected chi connectivity index (χ3v) is 6.32. The molecule has 12 heteroatoms. The van der Waals surface area contributed by atoms with Gasteiger partial charge in [-0.2, -0.15) is 4.31 Å². The second kappa shape index (κ2) is 9.64. The van der Waals surface area contributed by atoms with Crippen LogP contribution in [-0.4, -0.2) is 62.4 Å². The first-order chi connectivity index (χ1) is 14.8. The number of benzene rings is 2. The molecule has 164 valence electrons. The average Bonchev–Trinajstić information content (AvgIpc) is 2.78. The molecule has 1 heterocycles. The Morgan fingerprint density at radius 1 is 1.10 bits per heavy atom. The number of esters is 1. The molecule has 1 fully saturated rings. The molecule has 1 amide bonds. The number of para-hydroxylation sites is 2. The molecule has 2 aromatic rings. The van der Waals surface area contributed by atoms with Crippen molar-refractivity contribution in [1.29, 1.82) is 0 Å². The summed E-state index contributed by atoms with van der Waals surface area (Å²) in [6, 6.07) is 10.7. The van der Waals surface area contributed by atoms with Gasteiger partial charge in [-0.3, -0.25) is 14.9 Å². The predicted molar refractivity (Wildman–Crippen MR) is 108 cm³/mol. The topological polar surface area (TPSA) is 145 Å². The number of ether oxygens (including phenoxy) is 2. The van der Waals surface area contributed by atoms with Crippen molar-refractivity contribution >= 4 is 33.3 Å². The Hall–Kier alpha value is -3.35. The highest BCUT2D eigenvalue weighted by Crippen LogP contribution is 2.23. The number of nitro groups is 1. The highest BCUT2D eigenvalue weighted by molar-refractivity contribution is 7.89. The van der Waals surface area contributed by atoms with Gasteiger partial charge in [-0.05, 0) is 30.3 Å². The fraction of sp³-hybridized carbons (Fsp3) is 0.263. The Bertz CT molecular complexity index is 1080. The van der Waals surface area contributed by atoms with Crippen molar-refractivity contribution in [2.24, 2.45) is 0 Å². The molecule has 0 unspecified atom stereocenters. The minimum atomic E-state index is -3.69. The summed E-state index contributed by atoms with van der Waals surface area (Å²) < 4.78 is 36.5. The molecule has 0 spiro atoms. The maximum absolute atomic E-state index is 12.6. The fourth-order valence-electron chi connectivity index (χ4n) is 2.84. The molecule has 1 aliphatic rings. The van der Waals surface area contributed by atoms with Gasteiger partial charge in [0.15, 0.2) is 6.61 Å². The summed E-state index contributed by atoms with van der Waals surface area (Å²) in [5.41, 5.74) is -0.259. The van der Waals surface area contributed by atoms with Crippen LogP contribution in [0.15, 0.2) is 53.4 Å². The van der Waals surface area contributed by atoms with Crippen molar-refractivity contribution in [3.05, 3.63) is 64.2 Å². The zero-order chi connectivity index (χ0) is 22.4. The molecule has 2 aromatic carbocycles. The minimum absolute atomic E-state index is 0.0220. The van der Waals surface area contributed by atoms with E-state index in [0.29, 0.717) is 13.2 Å². The number of hydrogen-bond acceptors (Lipinski definition) is 8. The molecular formula is C19H19N3O8S. The molecule has 0 aliphatic carbocycles. The number of nitro benzene ring substituents is 1. The van der Waals surface area contributed by atoms with Gasteiger partial charge in [-0.15, -0.1) is 0 Å². The number of carbonyl (C=O) groups excluding carboxylic acids is 2. The third kappa shape index (κ3) is 5.42. The summed E-state index contributed by atoms with van der Waals surface area (Å²) in [6.45, 7) is 0.468. The van der Waals surface area contributed by atoms with E-state index in [2.05, 4.69) is 5.32 Å². The van der Waals surface area contributed by atoms with Crippen molar-refractivity contribution in [3.63, 3.8) is 0 Å². The van der Waals surface area contributed by atoms with Gasteiger partial charge >= 0.3 is 5.97 Å². The molecule has 1 saturated heterocycles. The van der Waals surface area contributed by atoms with Gasteiger partial charge in [0, 0.05) is 19.2 Å². The van der Waals surface area contributed by atoms with Crippen LogP contribution >= 0.6 is 0 Å². The first-order valence-corrected chi connectivity index (χ1v) is 10.6. The summed E-state index contributed by atoms with van der Waals surface area (Å²) in [5.74, 6) is -1.60. The monoisotopic (exact) mass is 449 g/mol. The normalized spacial score (nSPS) is 14.6. The quantitative estimate of drug-likeness (QED) is 0.379. The molecular weight excluding hydrogens is 430 g/mol. The number of anilines is 1. The van der Waals surface area contributed by atoms with Crippen LogP contribution in [0.25, 0.3) is 0 Å². The zero-order valence-corrected chi connectivity index (χ0v) is 17.0. The lowest BCUT2D eigenvalue weighted by Crippen LogP contribution is -2.40. The Balaban J connectivity index is 1.58. The van der Waals surface area contributed by atoms with Gasteiger partial charge in [-0.1, -0.05) is 12.1 Å². The van der Waals surface area contributed by atoms with Crippen molar-refractivity contribution in [1.82, 2.24) is 4.31 Å². The maximum Gasteiger partial charge on any atom is 0.338 e. The first kappa shape index (κ1) is 22.3. The van der Waals surface area contributed by atoms with E-state index < -0.39 is 33.4 Å². The second-order valence-corrected chi connectivity index (χ2v) is 8.38. The van der Waals surface area contributed by atoms with Crippen LogP contribution in [0.1, 0.15) is 10.4 Å². The number of rotatable bonds is 7. The van der Waals surface area contributed by atoms with Crippen LogP contribution in [0.4, 0.5) is 11.4 Å². The first-order valence-electron chi connectivity index (χ1n) is 9.17. The summed E-state index contributed by atoms with van der Waals surface area (Å²) in [4.78, 5) is 34.5. The fourth-order valence-corrected chi connectivity index (χ4v) is 4.25. The molecule has 1 aliphatic heterocycles. The lowest BCUT2D eigenvalue weighted by Gasteiger charge is -2.26. The number of carbonyl (C=O) groups is 2. The summed E-state index contributed by atoms with van der Waals surface area (Å²) in [7, 11) is -3.69. The molecule has 1 N–H and O–H groups in total. The Labute approximate surface area is 177 Å². The van der Waals surface area contributed by atoms with Crippen molar-refractivity contribution in [3.8, 4) is 0 Å². The second-order valence-electron chi connectivity index (χ2n) is 6.44. The molecule has 0 atom stereocenters. The molecule has 0 bridgehead atoms. The highest BCUT2D eigenvalue weighted by Gasteiger charge is 2.26. The number of nitrogens with one attached hydrogen (secondary N) is 1. The van der Waals surface area contributed by atoms with E-state index in [1.165, 1.54) is 52.8 Å². The van der Waals surface area contributed by atoms with Crippen LogP contribution in [0.3, 0.4) is 0 Å². The number of morpholine rings is 1. The van der Waals surface area contributed by atoms with Crippen molar-refractivity contribution in [2.75, 3.05) is 38.2 Å². The predicted octanol–water partition coefficient (Wildman–Crippen LogP) is 1.41. The van der Waals surface area contributed by atoms with E-state index in [4.69, 9.17) is 9.47 Å². The van der Waals surface area contributed by atoms with E-state index in [0.717, 1.165) is 0 Å². The minimum Gasteiger partial charge on any atom is -0.452 e. The van der Waals surface area contributed by atoms with Crippen molar-refractivity contribution in [2.45, 2.75) is 4.90 Å². The molecule has 31 heavy (non-hydrogen) atoms. The van der Waals surface area contributed by atoms with Crippen LogP contribution < -0.4 is 5.32 Å². The van der Waals surface area contributed by atoms with E-state index in [9.17, 15) is 28.1 Å². The Morgan fingerprint density at radius 2 is 1.74 bits per heavy atom. The molecule has 3 rings (SSSR count). The molecule has 11 nitrogen and oxygen atoms in total. The summed E-state index contributed by atoms with van der Waals surface area (Å²) >= 11 is 0. The van der Waals surface area contributed by atoms with E-state index in [1.54, 1.807) is 0 Å². The molecule has 0 radical (unpaired) electrons. The van der Waals surface area contributed by atoms with Gasteiger partial charge in [-0.25, -0.2) is 13.2 Å². The average molecular weight is 449 g/mol. The summed E-state index contributed by atoms with van der Waals surface area (Å²) in [6.07, 6.45) is 0. The van der Waals surface area contributed by atoms with Gasteiger partial charge in [0.25, 0.3) is 11.6 Å². The largest absolute Gasteiger partial charge is 0.452 e. The van der Waals surface area contributed by atoms with Crippen molar-refractivity contribution < 1.29 is 32.4 Å². The van der Waals surface area contributed by atoms with Gasteiger partial charge in [0.2, 0.25) is 10.0 Å². The molecule has 0 saturated carbocycles. The van der Waals surface area contributed by atoms with E-state index in [-0.39, 0.29) is 34.9 Å². The number of sulfonamides is 1. The standard InChI is InChI=1S/C19H19N3O8S/c23-18(20-16-3-1-2-4-17(16)22(25)26)13-30-19(24)14-5-7-15(8-6-14)31(27,28)21-9-11-29-12-10-21/h1-8H,9-13H2,(H,20,23). The van der Waals surface area contributed by atoms with E-state index >= 15 is 0 Å². The van der Waals surface area contributed by atoms with Crippen LogP contribution in [0.2, 0.25) is 0 Å². The SMILES string of the molecule is O=C(COC(=O)c1ccc(S(=O)(=O)N2CCOCC2)cc1)Nc1ccccc1[N+](=O)[O-]. The third-order valence-electron chi connectivity index (χ3n) is 4.41. The van der Waals surface area contributed by atoms with Gasteiger partial charge < -0.3 is 14.8 Å². The number of amides is 1. The number of hydrogen-bond donors (Lipinski definition) is 1. The van der Waals surface area contributed by atoms with Crippen LogP contribution in [0, 0.1) is 10.1 Å². The van der Waals surface area contributed by atoms with Crippen LogP contribution in [0.5, 0.6) is 0 Å². The lowest BCUT2D eigenvalue weighted by atomic mass is 10.2. The highest BCUT2D eigenvalue weighted by atomic mass is 32.2. The Morgan fingerprint density at radius 3 is 2.39 bits per heavy atom. The lowest BCUT2D eigenvalue weighted by molar-refractivity contribution is -0.383. The smallest absolute Gasteiger partial charge is 0.338 e. The zero-order valence-electron chi connectivity index (χ0n) is 16.2. The molecule has 0 aromatic heterocycles. The number of nitrogens with zero attached hydrogens (tertiary/aromatic N) is 2. The van der Waals surface area contributed by atoms with Gasteiger partial charge in [0.05, 0.1) is 28.6 Å².